The van der Waals surface area contributed by atoms with E-state index in [1.54, 1.807) is 13.2 Å². The van der Waals surface area contributed by atoms with Gasteiger partial charge in [0.05, 0.1) is 32.8 Å². The molecule has 0 spiro atoms. The lowest BCUT2D eigenvalue weighted by atomic mass is 9.88. The lowest BCUT2D eigenvalue weighted by Gasteiger charge is -2.26. The SMILES string of the molecule is COc1ccc([C@@H](CC(N)=O)c2oc(CN3CCOCC3)cc(=O)c2O)c2ccccc12. The summed E-state index contributed by atoms with van der Waals surface area (Å²) in [5.74, 6) is -0.696. The van der Waals surface area contributed by atoms with Crippen LogP contribution in [0, 0.1) is 0 Å². The Balaban J connectivity index is 1.83. The minimum absolute atomic E-state index is 0.0369. The third-order valence-corrected chi connectivity index (χ3v) is 5.72. The Morgan fingerprint density at radius 3 is 2.59 bits per heavy atom. The average molecular weight is 438 g/mol. The van der Waals surface area contributed by atoms with Gasteiger partial charge in [-0.25, -0.2) is 0 Å². The van der Waals surface area contributed by atoms with Gasteiger partial charge in [-0.15, -0.1) is 0 Å². The molecule has 2 aromatic carbocycles. The van der Waals surface area contributed by atoms with Crippen molar-refractivity contribution in [2.24, 2.45) is 5.73 Å². The van der Waals surface area contributed by atoms with Crippen LogP contribution in [-0.4, -0.2) is 49.3 Å². The van der Waals surface area contributed by atoms with Gasteiger partial charge in [-0.3, -0.25) is 14.5 Å². The Kier molecular flexibility index (Phi) is 6.43. The third-order valence-electron chi connectivity index (χ3n) is 5.72. The van der Waals surface area contributed by atoms with Crippen LogP contribution in [0.15, 0.2) is 51.7 Å². The van der Waals surface area contributed by atoms with Gasteiger partial charge in [0.15, 0.2) is 5.76 Å². The molecule has 0 saturated carbocycles. The van der Waals surface area contributed by atoms with E-state index >= 15 is 0 Å². The summed E-state index contributed by atoms with van der Waals surface area (Å²) in [5.41, 5.74) is 5.71. The number of amides is 1. The molecule has 1 aliphatic rings. The van der Waals surface area contributed by atoms with E-state index in [1.807, 2.05) is 30.3 Å². The zero-order chi connectivity index (χ0) is 22.7. The first-order valence-corrected chi connectivity index (χ1v) is 10.5. The number of rotatable bonds is 7. The van der Waals surface area contributed by atoms with Gasteiger partial charge in [0, 0.05) is 31.0 Å². The number of methoxy groups -OCH3 is 1. The molecule has 8 heteroatoms. The van der Waals surface area contributed by atoms with Crippen molar-refractivity contribution in [3.63, 3.8) is 0 Å². The first-order chi connectivity index (χ1) is 15.5. The molecular weight excluding hydrogens is 412 g/mol. The second-order valence-electron chi connectivity index (χ2n) is 7.80. The molecule has 1 amide bonds. The largest absolute Gasteiger partial charge is 0.502 e. The molecule has 1 fully saturated rings. The molecule has 0 unspecified atom stereocenters. The summed E-state index contributed by atoms with van der Waals surface area (Å²) in [7, 11) is 1.59. The quantitative estimate of drug-likeness (QED) is 0.582. The minimum Gasteiger partial charge on any atom is -0.502 e. The van der Waals surface area contributed by atoms with Crippen molar-refractivity contribution in [2.45, 2.75) is 18.9 Å². The first kappa shape index (κ1) is 21.9. The van der Waals surface area contributed by atoms with E-state index in [9.17, 15) is 14.7 Å². The number of hydrogen-bond donors (Lipinski definition) is 2. The van der Waals surface area contributed by atoms with E-state index in [0.717, 1.165) is 10.8 Å². The smallest absolute Gasteiger partial charge is 0.227 e. The highest BCUT2D eigenvalue weighted by molar-refractivity contribution is 5.92. The van der Waals surface area contributed by atoms with E-state index < -0.39 is 23.0 Å². The van der Waals surface area contributed by atoms with Crippen molar-refractivity contribution in [2.75, 3.05) is 33.4 Å². The van der Waals surface area contributed by atoms with Gasteiger partial charge in [0.25, 0.3) is 0 Å². The lowest BCUT2D eigenvalue weighted by molar-refractivity contribution is -0.118. The molecule has 0 aliphatic carbocycles. The van der Waals surface area contributed by atoms with Crippen molar-refractivity contribution in [1.82, 2.24) is 4.90 Å². The third kappa shape index (κ3) is 4.46. The van der Waals surface area contributed by atoms with Crippen LogP contribution in [0.2, 0.25) is 0 Å². The summed E-state index contributed by atoms with van der Waals surface area (Å²) < 4.78 is 16.9. The maximum absolute atomic E-state index is 12.6. The van der Waals surface area contributed by atoms with Crippen LogP contribution >= 0.6 is 0 Å². The number of hydrogen-bond acceptors (Lipinski definition) is 7. The maximum atomic E-state index is 12.6. The Morgan fingerprint density at radius 1 is 1.19 bits per heavy atom. The van der Waals surface area contributed by atoms with Crippen molar-refractivity contribution in [1.29, 1.82) is 0 Å². The fourth-order valence-corrected chi connectivity index (χ4v) is 4.17. The van der Waals surface area contributed by atoms with Crippen LogP contribution in [-0.2, 0) is 16.1 Å². The molecule has 32 heavy (non-hydrogen) atoms. The number of nitrogens with zero attached hydrogens (tertiary/aromatic N) is 1. The number of nitrogens with two attached hydrogens (primary N) is 1. The number of ether oxygens (including phenoxy) is 2. The van der Waals surface area contributed by atoms with Crippen LogP contribution in [0.5, 0.6) is 11.5 Å². The molecule has 0 bridgehead atoms. The highest BCUT2D eigenvalue weighted by Crippen LogP contribution is 2.39. The van der Waals surface area contributed by atoms with Gasteiger partial charge in [-0.2, -0.15) is 0 Å². The molecule has 1 atom stereocenters. The highest BCUT2D eigenvalue weighted by Gasteiger charge is 2.27. The van der Waals surface area contributed by atoms with E-state index in [-0.39, 0.29) is 12.2 Å². The summed E-state index contributed by atoms with van der Waals surface area (Å²) in [4.78, 5) is 26.7. The second kappa shape index (κ2) is 9.42. The second-order valence-corrected chi connectivity index (χ2v) is 7.80. The molecule has 1 saturated heterocycles. The van der Waals surface area contributed by atoms with Crippen LogP contribution in [0.4, 0.5) is 0 Å². The average Bonchev–Trinajstić information content (AvgIpc) is 2.80. The summed E-state index contributed by atoms with van der Waals surface area (Å²) in [6, 6.07) is 12.5. The Bertz CT molecular complexity index is 1180. The van der Waals surface area contributed by atoms with E-state index in [2.05, 4.69) is 4.90 Å². The predicted octanol–water partition coefficient (Wildman–Crippen LogP) is 2.35. The molecule has 4 rings (SSSR count). The van der Waals surface area contributed by atoms with Crippen LogP contribution in [0.3, 0.4) is 0 Å². The van der Waals surface area contributed by atoms with Crippen molar-refractivity contribution < 1.29 is 23.8 Å². The Morgan fingerprint density at radius 2 is 1.91 bits per heavy atom. The predicted molar refractivity (Wildman–Crippen MR) is 119 cm³/mol. The zero-order valence-corrected chi connectivity index (χ0v) is 17.9. The number of carbonyl (C=O) groups is 1. The molecule has 8 nitrogen and oxygen atoms in total. The fraction of sp³-hybridized carbons (Fsp3) is 0.333. The number of aromatic hydroxyl groups is 1. The maximum Gasteiger partial charge on any atom is 0.227 e. The number of benzene rings is 2. The number of carbonyl (C=O) groups excluding carboxylic acids is 1. The molecule has 3 N–H and O–H groups in total. The number of morpholine rings is 1. The minimum atomic E-state index is -0.736. The standard InChI is InChI=1S/C24H26N2O6/c1-30-21-7-6-17(16-4-2-3-5-18(16)21)19(13-22(25)28)24-23(29)20(27)12-15(32-24)14-26-8-10-31-11-9-26/h2-7,12,19,29H,8-11,13-14H2,1H3,(H2,25,28)/t19-/m1/s1. The Labute approximate surface area is 185 Å². The highest BCUT2D eigenvalue weighted by atomic mass is 16.5. The topological polar surface area (TPSA) is 115 Å². The number of fused-ring (bicyclic) bond motifs is 1. The molecule has 2 heterocycles. The van der Waals surface area contributed by atoms with Crippen LogP contribution < -0.4 is 15.9 Å². The molecule has 3 aromatic rings. The summed E-state index contributed by atoms with van der Waals surface area (Å²) in [6.07, 6.45) is -0.131. The monoisotopic (exact) mass is 438 g/mol. The van der Waals surface area contributed by atoms with Crippen molar-refractivity contribution in [3.8, 4) is 11.5 Å². The van der Waals surface area contributed by atoms with Gasteiger partial charge in [-0.1, -0.05) is 30.3 Å². The summed E-state index contributed by atoms with van der Waals surface area (Å²) in [6.45, 7) is 3.05. The fourth-order valence-electron chi connectivity index (χ4n) is 4.17. The van der Waals surface area contributed by atoms with Crippen LogP contribution in [0.25, 0.3) is 10.8 Å². The van der Waals surface area contributed by atoms with Gasteiger partial charge in [0.1, 0.15) is 11.5 Å². The normalized spacial score (nSPS) is 15.5. The van der Waals surface area contributed by atoms with Gasteiger partial charge >= 0.3 is 0 Å². The first-order valence-electron chi connectivity index (χ1n) is 10.5. The van der Waals surface area contributed by atoms with Crippen LogP contribution in [0.1, 0.15) is 29.4 Å². The summed E-state index contributed by atoms with van der Waals surface area (Å²) in [5, 5.41) is 12.3. The molecule has 0 radical (unpaired) electrons. The lowest BCUT2D eigenvalue weighted by Crippen LogP contribution is -2.35. The Hall–Kier alpha value is -3.36. The molecule has 1 aromatic heterocycles. The van der Waals surface area contributed by atoms with E-state index in [0.29, 0.717) is 49.9 Å². The molecule has 1 aliphatic heterocycles. The molecular formula is C24H26N2O6. The number of primary amides is 1. The summed E-state index contributed by atoms with van der Waals surface area (Å²) >= 11 is 0. The van der Waals surface area contributed by atoms with E-state index in [1.165, 1.54) is 6.07 Å². The van der Waals surface area contributed by atoms with Crippen molar-refractivity contribution in [3.05, 3.63) is 69.8 Å². The van der Waals surface area contributed by atoms with Crippen molar-refractivity contribution >= 4 is 16.7 Å². The van der Waals surface area contributed by atoms with Gasteiger partial charge < -0.3 is 24.7 Å². The van der Waals surface area contributed by atoms with E-state index in [4.69, 9.17) is 19.6 Å². The van der Waals surface area contributed by atoms with Gasteiger partial charge in [0.2, 0.25) is 17.1 Å². The van der Waals surface area contributed by atoms with Gasteiger partial charge in [-0.05, 0) is 17.0 Å². The molecule has 168 valence electrons. The zero-order valence-electron chi connectivity index (χ0n) is 17.9.